The quantitative estimate of drug-likeness (QED) is 0.350. The molecule has 0 aromatic heterocycles. The van der Waals surface area contributed by atoms with Crippen molar-refractivity contribution in [1.29, 1.82) is 0 Å². The second-order valence-electron chi connectivity index (χ2n) is 11.3. The highest BCUT2D eigenvalue weighted by Gasteiger charge is 2.35. The van der Waals surface area contributed by atoms with Gasteiger partial charge in [0, 0.05) is 18.7 Å². The molecule has 4 nitrogen and oxygen atoms in total. The lowest BCUT2D eigenvalue weighted by molar-refractivity contribution is -0.160. The smallest absolute Gasteiger partial charge is 0.337 e. The summed E-state index contributed by atoms with van der Waals surface area (Å²) < 4.78 is 19.7. The Labute approximate surface area is 220 Å². The van der Waals surface area contributed by atoms with Gasteiger partial charge < -0.3 is 9.84 Å². The molecule has 37 heavy (non-hydrogen) atoms. The first-order valence-corrected chi connectivity index (χ1v) is 13.0. The van der Waals surface area contributed by atoms with E-state index in [2.05, 4.69) is 43.0 Å². The van der Waals surface area contributed by atoms with Crippen molar-refractivity contribution in [2.45, 2.75) is 79.2 Å². The molecule has 1 aliphatic rings. The van der Waals surface area contributed by atoms with Crippen LogP contribution in [0.4, 0.5) is 4.39 Å². The van der Waals surface area contributed by atoms with Crippen molar-refractivity contribution in [1.82, 2.24) is 4.90 Å². The number of rotatable bonds is 8. The van der Waals surface area contributed by atoms with Crippen molar-refractivity contribution in [3.8, 4) is 11.1 Å². The molecule has 0 aliphatic carbocycles. The molecule has 0 fully saturated rings. The Balaban J connectivity index is 1.71. The molecule has 0 saturated heterocycles. The number of hydrogen-bond acceptors (Lipinski definition) is 3. The predicted molar refractivity (Wildman–Crippen MR) is 146 cm³/mol. The molecular weight excluding hydrogens is 465 g/mol. The van der Waals surface area contributed by atoms with Gasteiger partial charge in [0.15, 0.2) is 6.10 Å². The summed E-state index contributed by atoms with van der Waals surface area (Å²) in [7, 11) is 0. The summed E-state index contributed by atoms with van der Waals surface area (Å²) >= 11 is 0. The highest BCUT2D eigenvalue weighted by Crippen LogP contribution is 2.43. The van der Waals surface area contributed by atoms with Crippen LogP contribution < -0.4 is 0 Å². The van der Waals surface area contributed by atoms with Crippen molar-refractivity contribution in [2.24, 2.45) is 0 Å². The third kappa shape index (κ3) is 6.11. The monoisotopic (exact) mass is 503 g/mol. The van der Waals surface area contributed by atoms with Gasteiger partial charge in [-0.15, -0.1) is 0 Å². The largest absolute Gasteiger partial charge is 0.479 e. The first-order valence-electron chi connectivity index (χ1n) is 13.0. The van der Waals surface area contributed by atoms with Crippen molar-refractivity contribution < 1.29 is 19.0 Å². The molecule has 5 heteroatoms. The Morgan fingerprint density at radius 1 is 1.03 bits per heavy atom. The van der Waals surface area contributed by atoms with Crippen molar-refractivity contribution in [2.75, 3.05) is 6.54 Å². The van der Waals surface area contributed by atoms with Crippen LogP contribution in [0.3, 0.4) is 0 Å². The molecule has 196 valence electrons. The van der Waals surface area contributed by atoms with E-state index < -0.39 is 17.7 Å². The Hall–Kier alpha value is -3.02. The van der Waals surface area contributed by atoms with Crippen LogP contribution in [-0.2, 0) is 29.0 Å². The van der Waals surface area contributed by atoms with Crippen LogP contribution in [-0.4, -0.2) is 28.1 Å². The van der Waals surface area contributed by atoms with Crippen LogP contribution in [0.5, 0.6) is 0 Å². The number of carboxylic acids is 1. The zero-order valence-corrected chi connectivity index (χ0v) is 22.8. The number of carboxylic acid groups (broad SMARTS) is 1. The van der Waals surface area contributed by atoms with Crippen molar-refractivity contribution in [3.05, 3.63) is 93.3 Å². The summed E-state index contributed by atoms with van der Waals surface area (Å²) in [6, 6.07) is 15.1. The number of carbonyl (C=O) groups is 1. The normalized spacial score (nSPS) is 14.6. The minimum Gasteiger partial charge on any atom is -0.479 e. The Bertz CT molecular complexity index is 1290. The minimum atomic E-state index is -1.07. The molecule has 1 unspecified atom stereocenters. The number of halogens is 1. The average Bonchev–Trinajstić information content (AvgIpc) is 3.25. The van der Waals surface area contributed by atoms with Gasteiger partial charge in [-0.2, -0.15) is 0 Å². The summed E-state index contributed by atoms with van der Waals surface area (Å²) in [6.07, 6.45) is 0.684. The second kappa shape index (κ2) is 10.8. The van der Waals surface area contributed by atoms with Gasteiger partial charge >= 0.3 is 5.97 Å². The number of aliphatic carboxylic acids is 1. The minimum absolute atomic E-state index is 0.195. The predicted octanol–water partition coefficient (Wildman–Crippen LogP) is 7.31. The summed E-state index contributed by atoms with van der Waals surface area (Å²) in [4.78, 5) is 15.0. The Morgan fingerprint density at radius 2 is 1.68 bits per heavy atom. The maximum atomic E-state index is 13.6. The number of hydrogen-bond donors (Lipinski definition) is 1. The molecule has 1 N–H and O–H groups in total. The summed E-state index contributed by atoms with van der Waals surface area (Å²) in [5.41, 5.74) is 8.89. The van der Waals surface area contributed by atoms with Gasteiger partial charge in [0.2, 0.25) is 0 Å². The third-order valence-corrected chi connectivity index (χ3v) is 7.21. The highest BCUT2D eigenvalue weighted by atomic mass is 19.1. The molecule has 0 spiro atoms. The SMILES string of the molecule is Cc1ccc(-c2c(C)c3c(c(C)c2C(OC(C)(C)C)C(=O)O)CN(CCCc2cccc(F)c2)C3)cc1. The first kappa shape index (κ1) is 27.0. The van der Waals surface area contributed by atoms with Gasteiger partial charge in [0.05, 0.1) is 5.60 Å². The fourth-order valence-corrected chi connectivity index (χ4v) is 5.45. The van der Waals surface area contributed by atoms with Crippen LogP contribution in [0, 0.1) is 26.6 Å². The maximum absolute atomic E-state index is 13.6. The van der Waals surface area contributed by atoms with E-state index >= 15 is 0 Å². The lowest BCUT2D eigenvalue weighted by Crippen LogP contribution is -2.28. The van der Waals surface area contributed by atoms with E-state index in [1.54, 1.807) is 12.1 Å². The standard InChI is InChI=1S/C32H38FNO3/c1-20-12-14-24(15-13-20)28-21(2)26-18-34(16-8-10-23-9-7-11-25(33)17-23)19-27(26)22(3)29(28)30(31(35)36)37-32(4,5)6/h7,9,11-15,17,30H,8,10,16,18-19H2,1-6H3,(H,35,36). The van der Waals surface area contributed by atoms with Gasteiger partial charge in [-0.25, -0.2) is 9.18 Å². The molecule has 1 aliphatic heterocycles. The average molecular weight is 504 g/mol. The number of aryl methyl sites for hydroxylation is 2. The van der Waals surface area contributed by atoms with E-state index in [1.165, 1.54) is 17.2 Å². The molecule has 4 rings (SSSR count). The van der Waals surface area contributed by atoms with Gasteiger partial charge in [-0.1, -0.05) is 42.0 Å². The number of fused-ring (bicyclic) bond motifs is 1. The molecule has 0 radical (unpaired) electrons. The van der Waals surface area contributed by atoms with Gasteiger partial charge in [-0.05, 0) is 112 Å². The molecule has 0 saturated carbocycles. The van der Waals surface area contributed by atoms with E-state index in [1.807, 2.05) is 33.8 Å². The van der Waals surface area contributed by atoms with E-state index in [0.29, 0.717) is 0 Å². The van der Waals surface area contributed by atoms with Gasteiger partial charge in [0.25, 0.3) is 0 Å². The van der Waals surface area contributed by atoms with Crippen LogP contribution in [0.25, 0.3) is 11.1 Å². The Kier molecular flexibility index (Phi) is 7.86. The van der Waals surface area contributed by atoms with Crippen LogP contribution in [0.1, 0.15) is 72.2 Å². The molecule has 1 atom stereocenters. The zero-order valence-electron chi connectivity index (χ0n) is 22.8. The topological polar surface area (TPSA) is 49.8 Å². The van der Waals surface area contributed by atoms with E-state index in [-0.39, 0.29) is 5.82 Å². The van der Waals surface area contributed by atoms with Crippen molar-refractivity contribution >= 4 is 5.97 Å². The van der Waals surface area contributed by atoms with Crippen LogP contribution in [0.15, 0.2) is 48.5 Å². The van der Waals surface area contributed by atoms with Crippen LogP contribution in [0.2, 0.25) is 0 Å². The van der Waals surface area contributed by atoms with E-state index in [9.17, 15) is 14.3 Å². The third-order valence-electron chi connectivity index (χ3n) is 7.21. The fraction of sp³-hybridized carbons (Fsp3) is 0.406. The van der Waals surface area contributed by atoms with E-state index in [0.717, 1.165) is 71.4 Å². The second-order valence-corrected chi connectivity index (χ2v) is 11.3. The molecule has 3 aromatic carbocycles. The van der Waals surface area contributed by atoms with Gasteiger partial charge in [-0.3, -0.25) is 4.90 Å². The molecule has 0 amide bonds. The molecule has 1 heterocycles. The van der Waals surface area contributed by atoms with Crippen molar-refractivity contribution in [3.63, 3.8) is 0 Å². The van der Waals surface area contributed by atoms with Crippen LogP contribution >= 0.6 is 0 Å². The highest BCUT2D eigenvalue weighted by molar-refractivity contribution is 5.84. The number of ether oxygens (including phenoxy) is 1. The fourth-order valence-electron chi connectivity index (χ4n) is 5.45. The summed E-state index contributed by atoms with van der Waals surface area (Å²) in [6.45, 7) is 14.4. The number of benzene rings is 3. The molecule has 0 bridgehead atoms. The molecule has 3 aromatic rings. The Morgan fingerprint density at radius 3 is 2.27 bits per heavy atom. The summed E-state index contributed by atoms with van der Waals surface area (Å²) in [5.74, 6) is -1.17. The zero-order chi connectivity index (χ0) is 26.9. The lowest BCUT2D eigenvalue weighted by Gasteiger charge is -2.30. The molecular formula is C32H38FNO3. The van der Waals surface area contributed by atoms with E-state index in [4.69, 9.17) is 4.74 Å². The first-order chi connectivity index (χ1) is 17.4. The number of nitrogens with zero attached hydrogens (tertiary/aromatic N) is 1. The van der Waals surface area contributed by atoms with Gasteiger partial charge in [0.1, 0.15) is 5.82 Å². The lowest BCUT2D eigenvalue weighted by atomic mass is 9.83. The summed E-state index contributed by atoms with van der Waals surface area (Å²) in [5, 5.41) is 10.3. The maximum Gasteiger partial charge on any atom is 0.337 e.